The van der Waals surface area contributed by atoms with E-state index in [9.17, 15) is 15.2 Å². The molecule has 0 amide bonds. The molecule has 0 spiro atoms. The summed E-state index contributed by atoms with van der Waals surface area (Å²) in [5.41, 5.74) is 2.17. The van der Waals surface area contributed by atoms with Gasteiger partial charge in [-0.3, -0.25) is 10.1 Å². The van der Waals surface area contributed by atoms with Crippen molar-refractivity contribution in [1.29, 1.82) is 0 Å². The number of nitro groups is 1. The first-order valence-corrected chi connectivity index (χ1v) is 4.37. The third-order valence-corrected chi connectivity index (χ3v) is 2.29. The van der Waals surface area contributed by atoms with E-state index in [2.05, 4.69) is 0 Å². The Morgan fingerprint density at radius 2 is 1.86 bits per heavy atom. The second-order valence-corrected chi connectivity index (χ2v) is 3.43. The number of aliphatic hydroxyl groups is 1. The summed E-state index contributed by atoms with van der Waals surface area (Å²) in [5.74, 6) is 0. The van der Waals surface area contributed by atoms with Crippen LogP contribution < -0.4 is 0 Å². The van der Waals surface area contributed by atoms with Crippen molar-refractivity contribution >= 4 is 5.69 Å². The van der Waals surface area contributed by atoms with Crippen LogP contribution >= 0.6 is 0 Å². The lowest BCUT2D eigenvalue weighted by molar-refractivity contribution is -0.386. The van der Waals surface area contributed by atoms with Gasteiger partial charge in [-0.2, -0.15) is 0 Å². The predicted octanol–water partition coefficient (Wildman–Crippen LogP) is 2.26. The number of aryl methyl sites for hydroxylation is 2. The molecular weight excluding hydrogens is 182 g/mol. The van der Waals surface area contributed by atoms with Gasteiger partial charge in [0.15, 0.2) is 0 Å². The number of aliphatic hydroxyl groups excluding tert-OH is 1. The third kappa shape index (κ3) is 1.90. The molecule has 1 rings (SSSR count). The molecule has 1 aromatic carbocycles. The summed E-state index contributed by atoms with van der Waals surface area (Å²) in [4.78, 5) is 10.2. The second-order valence-electron chi connectivity index (χ2n) is 3.43. The van der Waals surface area contributed by atoms with Crippen LogP contribution in [0, 0.1) is 24.0 Å². The van der Waals surface area contributed by atoms with Crippen LogP contribution in [0.1, 0.15) is 29.7 Å². The summed E-state index contributed by atoms with van der Waals surface area (Å²) in [6.07, 6.45) is -0.810. The SMILES string of the molecule is Cc1cc(C(C)O)c([N+](=O)[O-])cc1C. The van der Waals surface area contributed by atoms with Gasteiger partial charge in [0.05, 0.1) is 16.6 Å². The lowest BCUT2D eigenvalue weighted by Crippen LogP contribution is -2.01. The maximum Gasteiger partial charge on any atom is 0.275 e. The number of hydrogen-bond donors (Lipinski definition) is 1. The van der Waals surface area contributed by atoms with E-state index < -0.39 is 11.0 Å². The lowest BCUT2D eigenvalue weighted by atomic mass is 10.0. The Kier molecular flexibility index (Phi) is 2.86. The van der Waals surface area contributed by atoms with E-state index in [1.54, 1.807) is 6.07 Å². The molecule has 1 aromatic rings. The van der Waals surface area contributed by atoms with Gasteiger partial charge in [-0.25, -0.2) is 0 Å². The molecule has 1 N–H and O–H groups in total. The maximum absolute atomic E-state index is 10.7. The van der Waals surface area contributed by atoms with E-state index in [0.717, 1.165) is 11.1 Å². The molecule has 4 nitrogen and oxygen atoms in total. The normalized spacial score (nSPS) is 12.6. The third-order valence-electron chi connectivity index (χ3n) is 2.29. The van der Waals surface area contributed by atoms with E-state index in [1.165, 1.54) is 13.0 Å². The maximum atomic E-state index is 10.7. The van der Waals surface area contributed by atoms with Gasteiger partial charge in [0, 0.05) is 6.07 Å². The molecule has 0 bridgehead atoms. The van der Waals surface area contributed by atoms with Gasteiger partial charge >= 0.3 is 0 Å². The molecule has 0 aliphatic rings. The molecular formula is C10H13NO3. The summed E-state index contributed by atoms with van der Waals surface area (Å²) < 4.78 is 0. The summed E-state index contributed by atoms with van der Waals surface area (Å²) >= 11 is 0. The van der Waals surface area contributed by atoms with Crippen LogP contribution in [0.3, 0.4) is 0 Å². The minimum absolute atomic E-state index is 0.0110. The fraction of sp³-hybridized carbons (Fsp3) is 0.400. The topological polar surface area (TPSA) is 63.4 Å². The second kappa shape index (κ2) is 3.75. The Hall–Kier alpha value is -1.42. The van der Waals surface area contributed by atoms with Gasteiger partial charge in [0.1, 0.15) is 0 Å². The Morgan fingerprint density at radius 3 is 2.29 bits per heavy atom. The molecule has 0 saturated heterocycles. The highest BCUT2D eigenvalue weighted by molar-refractivity contribution is 5.47. The van der Waals surface area contributed by atoms with Gasteiger partial charge in [-0.05, 0) is 38.0 Å². The molecule has 76 valence electrons. The van der Waals surface area contributed by atoms with Crippen LogP contribution in [0.2, 0.25) is 0 Å². The highest BCUT2D eigenvalue weighted by atomic mass is 16.6. The minimum Gasteiger partial charge on any atom is -0.388 e. The smallest absolute Gasteiger partial charge is 0.275 e. The fourth-order valence-corrected chi connectivity index (χ4v) is 1.32. The monoisotopic (exact) mass is 195 g/mol. The van der Waals surface area contributed by atoms with Crippen molar-refractivity contribution in [3.8, 4) is 0 Å². The molecule has 0 aliphatic carbocycles. The van der Waals surface area contributed by atoms with Crippen LogP contribution in [-0.2, 0) is 0 Å². The Balaban J connectivity index is 3.39. The van der Waals surface area contributed by atoms with E-state index in [0.29, 0.717) is 5.56 Å². The molecule has 0 aromatic heterocycles. The summed E-state index contributed by atoms with van der Waals surface area (Å²) in [5, 5.41) is 20.0. The predicted molar refractivity (Wildman–Crippen MR) is 53.2 cm³/mol. The molecule has 0 heterocycles. The zero-order chi connectivity index (χ0) is 10.9. The van der Waals surface area contributed by atoms with Gasteiger partial charge in [-0.15, -0.1) is 0 Å². The van der Waals surface area contributed by atoms with Crippen molar-refractivity contribution in [1.82, 2.24) is 0 Å². The molecule has 0 aliphatic heterocycles. The molecule has 0 fully saturated rings. The van der Waals surface area contributed by atoms with Gasteiger partial charge in [-0.1, -0.05) is 0 Å². The van der Waals surface area contributed by atoms with Crippen LogP contribution in [0.4, 0.5) is 5.69 Å². The molecule has 0 saturated carbocycles. The zero-order valence-corrected chi connectivity index (χ0v) is 8.44. The number of rotatable bonds is 2. The fourth-order valence-electron chi connectivity index (χ4n) is 1.32. The molecule has 0 radical (unpaired) electrons. The molecule has 14 heavy (non-hydrogen) atoms. The van der Waals surface area contributed by atoms with E-state index in [4.69, 9.17) is 0 Å². The first-order chi connectivity index (χ1) is 6.43. The lowest BCUT2D eigenvalue weighted by Gasteiger charge is -2.08. The van der Waals surface area contributed by atoms with Crippen molar-refractivity contribution in [3.05, 3.63) is 38.9 Å². The van der Waals surface area contributed by atoms with Gasteiger partial charge < -0.3 is 5.11 Å². The highest BCUT2D eigenvalue weighted by Gasteiger charge is 2.18. The molecule has 1 atom stereocenters. The number of nitro benzene ring substituents is 1. The largest absolute Gasteiger partial charge is 0.388 e. The quantitative estimate of drug-likeness (QED) is 0.581. The van der Waals surface area contributed by atoms with Gasteiger partial charge in [0.25, 0.3) is 5.69 Å². The van der Waals surface area contributed by atoms with Crippen molar-refractivity contribution in [2.24, 2.45) is 0 Å². The molecule has 4 heteroatoms. The first kappa shape index (κ1) is 10.7. The summed E-state index contributed by atoms with van der Waals surface area (Å²) in [6, 6.07) is 3.16. The van der Waals surface area contributed by atoms with Crippen molar-refractivity contribution < 1.29 is 10.0 Å². The number of benzene rings is 1. The van der Waals surface area contributed by atoms with Crippen LogP contribution in [-0.4, -0.2) is 10.0 Å². The molecule has 1 unspecified atom stereocenters. The average Bonchev–Trinajstić information content (AvgIpc) is 2.08. The van der Waals surface area contributed by atoms with E-state index in [-0.39, 0.29) is 5.69 Å². The van der Waals surface area contributed by atoms with Crippen LogP contribution in [0.25, 0.3) is 0 Å². The number of nitrogens with zero attached hydrogens (tertiary/aromatic N) is 1. The van der Waals surface area contributed by atoms with Gasteiger partial charge in [0.2, 0.25) is 0 Å². The van der Waals surface area contributed by atoms with E-state index >= 15 is 0 Å². The minimum atomic E-state index is -0.810. The Bertz CT molecular complexity index is 372. The van der Waals surface area contributed by atoms with E-state index in [1.807, 2.05) is 13.8 Å². The van der Waals surface area contributed by atoms with Crippen LogP contribution in [0.5, 0.6) is 0 Å². The van der Waals surface area contributed by atoms with Crippen molar-refractivity contribution in [2.75, 3.05) is 0 Å². The highest BCUT2D eigenvalue weighted by Crippen LogP contribution is 2.27. The van der Waals surface area contributed by atoms with Crippen LogP contribution in [0.15, 0.2) is 12.1 Å². The van der Waals surface area contributed by atoms with Crippen molar-refractivity contribution in [2.45, 2.75) is 26.9 Å². The Morgan fingerprint density at radius 1 is 1.36 bits per heavy atom. The zero-order valence-electron chi connectivity index (χ0n) is 8.44. The Labute approximate surface area is 82.3 Å². The van der Waals surface area contributed by atoms with Crippen molar-refractivity contribution in [3.63, 3.8) is 0 Å². The first-order valence-electron chi connectivity index (χ1n) is 4.37. The number of hydrogen-bond acceptors (Lipinski definition) is 3. The summed E-state index contributed by atoms with van der Waals surface area (Å²) in [7, 11) is 0. The average molecular weight is 195 g/mol. The summed E-state index contributed by atoms with van der Waals surface area (Å²) in [6.45, 7) is 5.20. The standard InChI is InChI=1S/C10H13NO3/c1-6-4-9(8(3)12)10(11(13)14)5-7(6)2/h4-5,8,12H,1-3H3.